The van der Waals surface area contributed by atoms with E-state index in [0.717, 1.165) is 50.7 Å². The van der Waals surface area contributed by atoms with Gasteiger partial charge < -0.3 is 15.0 Å². The van der Waals surface area contributed by atoms with E-state index in [2.05, 4.69) is 47.5 Å². The van der Waals surface area contributed by atoms with Gasteiger partial charge in [0.2, 0.25) is 0 Å². The Kier molecular flexibility index (Phi) is 6.95. The zero-order valence-corrected chi connectivity index (χ0v) is 17.6. The van der Waals surface area contributed by atoms with E-state index in [1.807, 2.05) is 30.1 Å². The predicted molar refractivity (Wildman–Crippen MR) is 114 cm³/mol. The Morgan fingerprint density at radius 1 is 1.36 bits per heavy atom. The molecule has 0 amide bonds. The number of aryl methyl sites for hydroxylation is 1. The average Bonchev–Trinajstić information content (AvgIpc) is 3.36. The standard InChI is InChI=1S/C22H33N5O/c1-5-23-22(27-13-11-19(16-27)20-14-25-26(3)15-20)24-12-10-17(2)18-6-8-21(28-4)9-7-18/h6-9,14-15,17,19H,5,10-13,16H2,1-4H3,(H,23,24). The number of hydrogen-bond acceptors (Lipinski definition) is 3. The highest BCUT2D eigenvalue weighted by Crippen LogP contribution is 2.27. The molecule has 0 spiro atoms. The van der Waals surface area contributed by atoms with Gasteiger partial charge in [-0.25, -0.2) is 0 Å². The smallest absolute Gasteiger partial charge is 0.193 e. The summed E-state index contributed by atoms with van der Waals surface area (Å²) < 4.78 is 7.13. The van der Waals surface area contributed by atoms with Gasteiger partial charge in [0.25, 0.3) is 0 Å². The van der Waals surface area contributed by atoms with Gasteiger partial charge in [0, 0.05) is 45.3 Å². The Bertz CT molecular complexity index is 767. The van der Waals surface area contributed by atoms with Crippen LogP contribution in [-0.4, -0.2) is 53.9 Å². The van der Waals surface area contributed by atoms with E-state index >= 15 is 0 Å². The quantitative estimate of drug-likeness (QED) is 0.588. The van der Waals surface area contributed by atoms with Crippen LogP contribution >= 0.6 is 0 Å². The molecule has 1 aromatic carbocycles. The van der Waals surface area contributed by atoms with E-state index in [4.69, 9.17) is 9.73 Å². The van der Waals surface area contributed by atoms with Gasteiger partial charge >= 0.3 is 0 Å². The largest absolute Gasteiger partial charge is 0.497 e. The van der Waals surface area contributed by atoms with Crippen molar-refractivity contribution in [1.82, 2.24) is 20.0 Å². The third-order valence-electron chi connectivity index (χ3n) is 5.53. The fraction of sp³-hybridized carbons (Fsp3) is 0.545. The molecule has 2 atom stereocenters. The van der Waals surface area contributed by atoms with Crippen molar-refractivity contribution in [3.8, 4) is 5.75 Å². The van der Waals surface area contributed by atoms with Gasteiger partial charge in [0.05, 0.1) is 13.3 Å². The first-order valence-corrected chi connectivity index (χ1v) is 10.3. The maximum atomic E-state index is 5.25. The number of aromatic nitrogens is 2. The van der Waals surface area contributed by atoms with Crippen molar-refractivity contribution in [2.45, 2.75) is 38.5 Å². The molecule has 0 saturated carbocycles. The molecular formula is C22H33N5O. The Morgan fingerprint density at radius 3 is 2.79 bits per heavy atom. The second kappa shape index (κ2) is 9.62. The lowest BCUT2D eigenvalue weighted by Crippen LogP contribution is -2.40. The highest BCUT2D eigenvalue weighted by molar-refractivity contribution is 5.80. The lowest BCUT2D eigenvalue weighted by molar-refractivity contribution is 0.414. The number of benzene rings is 1. The molecule has 1 saturated heterocycles. The van der Waals surface area contributed by atoms with E-state index in [9.17, 15) is 0 Å². The molecule has 1 aromatic heterocycles. The molecular weight excluding hydrogens is 350 g/mol. The van der Waals surface area contributed by atoms with Crippen LogP contribution in [0.15, 0.2) is 41.7 Å². The van der Waals surface area contributed by atoms with Gasteiger partial charge in [-0.3, -0.25) is 9.67 Å². The molecule has 0 bridgehead atoms. The van der Waals surface area contributed by atoms with E-state index in [0.29, 0.717) is 11.8 Å². The molecule has 1 fully saturated rings. The minimum Gasteiger partial charge on any atom is -0.497 e. The lowest BCUT2D eigenvalue weighted by atomic mass is 9.98. The minimum atomic E-state index is 0.472. The van der Waals surface area contributed by atoms with Crippen molar-refractivity contribution in [3.05, 3.63) is 47.8 Å². The summed E-state index contributed by atoms with van der Waals surface area (Å²) in [7, 11) is 3.68. The van der Waals surface area contributed by atoms with Gasteiger partial charge in [-0.1, -0.05) is 19.1 Å². The third-order valence-corrected chi connectivity index (χ3v) is 5.53. The number of methoxy groups -OCH3 is 1. The molecule has 3 rings (SSSR count). The second-order valence-electron chi connectivity index (χ2n) is 7.58. The van der Waals surface area contributed by atoms with Gasteiger partial charge in [-0.15, -0.1) is 0 Å². The SMILES string of the molecule is CCNC(=NCCC(C)c1ccc(OC)cc1)N1CCC(c2cnn(C)c2)C1. The van der Waals surface area contributed by atoms with E-state index < -0.39 is 0 Å². The first kappa shape index (κ1) is 20.2. The Balaban J connectivity index is 1.56. The summed E-state index contributed by atoms with van der Waals surface area (Å²) in [5, 5.41) is 7.79. The molecule has 6 heteroatoms. The van der Waals surface area contributed by atoms with Crippen molar-refractivity contribution in [3.63, 3.8) is 0 Å². The van der Waals surface area contributed by atoms with Crippen LogP contribution < -0.4 is 10.1 Å². The lowest BCUT2D eigenvalue weighted by Gasteiger charge is -2.22. The normalized spacial score (nSPS) is 18.4. The molecule has 1 aliphatic rings. The van der Waals surface area contributed by atoms with Crippen LogP contribution in [0.25, 0.3) is 0 Å². The van der Waals surface area contributed by atoms with Crippen LogP contribution in [0.5, 0.6) is 5.75 Å². The number of likely N-dealkylation sites (tertiary alicyclic amines) is 1. The van der Waals surface area contributed by atoms with E-state index in [-0.39, 0.29) is 0 Å². The van der Waals surface area contributed by atoms with Gasteiger partial charge in [0.1, 0.15) is 5.75 Å². The van der Waals surface area contributed by atoms with Gasteiger partial charge in [-0.2, -0.15) is 5.10 Å². The van der Waals surface area contributed by atoms with E-state index in [1.165, 1.54) is 11.1 Å². The molecule has 0 aliphatic carbocycles. The maximum absolute atomic E-state index is 5.25. The monoisotopic (exact) mass is 383 g/mol. The van der Waals surface area contributed by atoms with Crippen LogP contribution in [0.2, 0.25) is 0 Å². The topological polar surface area (TPSA) is 54.7 Å². The average molecular weight is 384 g/mol. The molecule has 6 nitrogen and oxygen atoms in total. The summed E-state index contributed by atoms with van der Waals surface area (Å²) in [6.45, 7) is 8.15. The molecule has 2 heterocycles. The molecule has 2 aromatic rings. The number of nitrogens with one attached hydrogen (secondary N) is 1. The summed E-state index contributed by atoms with van der Waals surface area (Å²) in [6.07, 6.45) is 6.31. The molecule has 2 unspecified atom stereocenters. The van der Waals surface area contributed by atoms with Gasteiger partial charge in [-0.05, 0) is 48.9 Å². The number of aliphatic imine (C=N–C) groups is 1. The third kappa shape index (κ3) is 5.06. The van der Waals surface area contributed by atoms with Crippen molar-refractivity contribution >= 4 is 5.96 Å². The van der Waals surface area contributed by atoms with E-state index in [1.54, 1.807) is 7.11 Å². The first-order chi connectivity index (χ1) is 13.6. The zero-order chi connectivity index (χ0) is 19.9. The van der Waals surface area contributed by atoms with Crippen molar-refractivity contribution in [2.24, 2.45) is 12.0 Å². The fourth-order valence-corrected chi connectivity index (χ4v) is 3.76. The fourth-order valence-electron chi connectivity index (χ4n) is 3.76. The summed E-state index contributed by atoms with van der Waals surface area (Å²) in [4.78, 5) is 7.30. The Labute approximate surface area is 168 Å². The van der Waals surface area contributed by atoms with Crippen LogP contribution in [0.1, 0.15) is 49.7 Å². The molecule has 1 N–H and O–H groups in total. The Hall–Kier alpha value is -2.50. The van der Waals surface area contributed by atoms with Crippen molar-refractivity contribution < 1.29 is 4.74 Å². The predicted octanol–water partition coefficient (Wildman–Crippen LogP) is 3.38. The Morgan fingerprint density at radius 2 is 2.14 bits per heavy atom. The summed E-state index contributed by atoms with van der Waals surface area (Å²) in [5.74, 6) is 2.95. The summed E-state index contributed by atoms with van der Waals surface area (Å²) >= 11 is 0. The first-order valence-electron chi connectivity index (χ1n) is 10.3. The number of hydrogen-bond donors (Lipinski definition) is 1. The zero-order valence-electron chi connectivity index (χ0n) is 17.6. The number of ether oxygens (including phenoxy) is 1. The number of rotatable bonds is 7. The van der Waals surface area contributed by atoms with Crippen LogP contribution in [-0.2, 0) is 7.05 Å². The number of nitrogens with zero attached hydrogens (tertiary/aromatic N) is 4. The van der Waals surface area contributed by atoms with Gasteiger partial charge in [0.15, 0.2) is 5.96 Å². The highest BCUT2D eigenvalue weighted by atomic mass is 16.5. The maximum Gasteiger partial charge on any atom is 0.193 e. The summed E-state index contributed by atoms with van der Waals surface area (Å²) in [5.41, 5.74) is 2.66. The molecule has 0 radical (unpaired) electrons. The number of guanidine groups is 1. The summed E-state index contributed by atoms with van der Waals surface area (Å²) in [6, 6.07) is 8.36. The van der Waals surface area contributed by atoms with Crippen molar-refractivity contribution in [2.75, 3.05) is 33.3 Å². The minimum absolute atomic E-state index is 0.472. The highest BCUT2D eigenvalue weighted by Gasteiger charge is 2.26. The van der Waals surface area contributed by atoms with Crippen molar-refractivity contribution in [1.29, 1.82) is 0 Å². The van der Waals surface area contributed by atoms with Crippen LogP contribution in [0.3, 0.4) is 0 Å². The second-order valence-corrected chi connectivity index (χ2v) is 7.58. The molecule has 28 heavy (non-hydrogen) atoms. The molecule has 152 valence electrons. The molecule has 1 aliphatic heterocycles. The van der Waals surface area contributed by atoms with Crippen LogP contribution in [0.4, 0.5) is 0 Å². The van der Waals surface area contributed by atoms with Crippen LogP contribution in [0, 0.1) is 0 Å².